The Morgan fingerprint density at radius 1 is 1.00 bits per heavy atom. The Morgan fingerprint density at radius 3 is 2.56 bits per heavy atom. The molecule has 6 nitrogen and oxygen atoms in total. The molecule has 0 saturated carbocycles. The molecule has 4 rings (SSSR count). The number of carbonyl (C=O) groups is 1. The highest BCUT2D eigenvalue weighted by Gasteiger charge is 2.23. The van der Waals surface area contributed by atoms with Crippen molar-refractivity contribution in [1.82, 2.24) is 9.97 Å². The van der Waals surface area contributed by atoms with E-state index in [4.69, 9.17) is 10.00 Å². The fourth-order valence-corrected chi connectivity index (χ4v) is 2.81. The van der Waals surface area contributed by atoms with Gasteiger partial charge in [-0.3, -0.25) is 9.78 Å². The molecule has 0 aliphatic carbocycles. The van der Waals surface area contributed by atoms with E-state index in [0.29, 0.717) is 11.6 Å². The molecule has 0 fully saturated rings. The quantitative estimate of drug-likeness (QED) is 0.354. The topological polar surface area (TPSA) is 87.9 Å². The molecule has 0 bridgehead atoms. The monoisotopic (exact) mass is 438 g/mol. The SMILES string of the molecule is N#Cc1cnc2ccc(Oc3c(F)c(F)cc(NC(=O)c4cccc(F)c4)c3F)cc2n1. The number of anilines is 1. The van der Waals surface area contributed by atoms with E-state index in [9.17, 15) is 22.4 Å². The van der Waals surface area contributed by atoms with Crippen LogP contribution in [0.5, 0.6) is 11.5 Å². The van der Waals surface area contributed by atoms with Crippen LogP contribution in [0.1, 0.15) is 16.1 Å². The Morgan fingerprint density at radius 2 is 1.81 bits per heavy atom. The van der Waals surface area contributed by atoms with Crippen LogP contribution in [0.25, 0.3) is 11.0 Å². The third-order valence-corrected chi connectivity index (χ3v) is 4.30. The second-order valence-electron chi connectivity index (χ2n) is 6.45. The summed E-state index contributed by atoms with van der Waals surface area (Å²) in [4.78, 5) is 20.3. The Kier molecular flexibility index (Phi) is 5.39. The molecule has 0 spiro atoms. The van der Waals surface area contributed by atoms with Gasteiger partial charge in [-0.1, -0.05) is 6.07 Å². The lowest BCUT2D eigenvalue weighted by molar-refractivity contribution is 0.102. The molecule has 0 radical (unpaired) electrons. The maximum absolute atomic E-state index is 14.9. The molecule has 0 unspecified atom stereocenters. The third kappa shape index (κ3) is 4.04. The highest BCUT2D eigenvalue weighted by Crippen LogP contribution is 2.34. The number of halogens is 4. The molecular weight excluding hydrogens is 428 g/mol. The number of carbonyl (C=O) groups excluding carboxylic acids is 1. The number of hydrogen-bond acceptors (Lipinski definition) is 5. The van der Waals surface area contributed by atoms with Crippen LogP contribution in [0, 0.1) is 34.6 Å². The zero-order chi connectivity index (χ0) is 22.8. The van der Waals surface area contributed by atoms with Gasteiger partial charge >= 0.3 is 0 Å². The Hall–Kier alpha value is -4.52. The lowest BCUT2D eigenvalue weighted by Gasteiger charge is -2.13. The minimum Gasteiger partial charge on any atom is -0.451 e. The number of nitriles is 1. The molecule has 10 heteroatoms. The lowest BCUT2D eigenvalue weighted by Crippen LogP contribution is -2.14. The summed E-state index contributed by atoms with van der Waals surface area (Å²) in [5.74, 6) is -7.36. The summed E-state index contributed by atoms with van der Waals surface area (Å²) in [5.41, 5.74) is -0.253. The summed E-state index contributed by atoms with van der Waals surface area (Å²) in [5, 5.41) is 11.0. The number of hydrogen-bond donors (Lipinski definition) is 1. The van der Waals surface area contributed by atoms with Crippen LogP contribution in [-0.4, -0.2) is 15.9 Å². The third-order valence-electron chi connectivity index (χ3n) is 4.30. The van der Waals surface area contributed by atoms with Crippen LogP contribution < -0.4 is 10.1 Å². The van der Waals surface area contributed by atoms with E-state index < -0.39 is 40.6 Å². The van der Waals surface area contributed by atoms with Crippen LogP contribution in [0.3, 0.4) is 0 Å². The normalized spacial score (nSPS) is 10.6. The summed E-state index contributed by atoms with van der Waals surface area (Å²) >= 11 is 0. The zero-order valence-electron chi connectivity index (χ0n) is 15.9. The first kappa shape index (κ1) is 20.7. The second kappa shape index (κ2) is 8.31. The van der Waals surface area contributed by atoms with Gasteiger partial charge in [-0.15, -0.1) is 0 Å². The van der Waals surface area contributed by atoms with Crippen molar-refractivity contribution in [1.29, 1.82) is 5.26 Å². The molecule has 1 amide bonds. The number of nitrogens with zero attached hydrogens (tertiary/aromatic N) is 3. The molecule has 4 aromatic rings. The number of aromatic nitrogens is 2. The molecule has 3 aromatic carbocycles. The highest BCUT2D eigenvalue weighted by atomic mass is 19.2. The number of benzene rings is 3. The van der Waals surface area contributed by atoms with Crippen molar-refractivity contribution in [3.63, 3.8) is 0 Å². The summed E-state index contributed by atoms with van der Waals surface area (Å²) in [7, 11) is 0. The minimum absolute atomic E-state index is 0.0140. The van der Waals surface area contributed by atoms with Crippen molar-refractivity contribution in [3.05, 3.63) is 89.3 Å². The van der Waals surface area contributed by atoms with Crippen LogP contribution in [0.4, 0.5) is 23.2 Å². The van der Waals surface area contributed by atoms with Crippen LogP contribution in [0.15, 0.2) is 54.7 Å². The summed E-state index contributed by atoms with van der Waals surface area (Å²) < 4.78 is 61.8. The van der Waals surface area contributed by atoms with Gasteiger partial charge < -0.3 is 10.1 Å². The second-order valence-corrected chi connectivity index (χ2v) is 6.45. The molecule has 0 saturated heterocycles. The summed E-state index contributed by atoms with van der Waals surface area (Å²) in [6.45, 7) is 0. The Bertz CT molecular complexity index is 1420. The number of ether oxygens (including phenoxy) is 1. The lowest BCUT2D eigenvalue weighted by atomic mass is 10.2. The van der Waals surface area contributed by atoms with Crippen LogP contribution >= 0.6 is 0 Å². The van der Waals surface area contributed by atoms with Gasteiger partial charge in [0.05, 0.1) is 22.9 Å². The predicted molar refractivity (Wildman–Crippen MR) is 105 cm³/mol. The largest absolute Gasteiger partial charge is 0.451 e. The molecule has 0 aliphatic rings. The van der Waals surface area contributed by atoms with E-state index in [-0.39, 0.29) is 22.5 Å². The first-order valence-electron chi connectivity index (χ1n) is 8.95. The van der Waals surface area contributed by atoms with Crippen molar-refractivity contribution >= 4 is 22.6 Å². The molecule has 1 heterocycles. The fourth-order valence-electron chi connectivity index (χ4n) is 2.81. The van der Waals surface area contributed by atoms with Crippen molar-refractivity contribution in [2.24, 2.45) is 0 Å². The number of rotatable bonds is 4. The van der Waals surface area contributed by atoms with E-state index >= 15 is 0 Å². The van der Waals surface area contributed by atoms with Gasteiger partial charge in [0.2, 0.25) is 11.6 Å². The van der Waals surface area contributed by atoms with Crippen LogP contribution in [-0.2, 0) is 0 Å². The van der Waals surface area contributed by atoms with Gasteiger partial charge in [0.1, 0.15) is 17.6 Å². The number of fused-ring (bicyclic) bond motifs is 1. The Labute approximate surface area is 177 Å². The van der Waals surface area contributed by atoms with Gasteiger partial charge in [-0.25, -0.2) is 18.2 Å². The smallest absolute Gasteiger partial charge is 0.255 e. The molecule has 0 aliphatic heterocycles. The van der Waals surface area contributed by atoms with E-state index in [0.717, 1.165) is 12.1 Å². The average Bonchev–Trinajstić information content (AvgIpc) is 2.79. The van der Waals surface area contributed by atoms with E-state index in [1.165, 1.54) is 36.5 Å². The Balaban J connectivity index is 1.69. The average molecular weight is 438 g/mol. The van der Waals surface area contributed by atoms with E-state index in [1.807, 2.05) is 6.07 Å². The molecular formula is C22H10F4N4O2. The maximum Gasteiger partial charge on any atom is 0.255 e. The highest BCUT2D eigenvalue weighted by molar-refractivity contribution is 6.04. The molecule has 1 aromatic heterocycles. The maximum atomic E-state index is 14.9. The minimum atomic E-state index is -1.62. The molecule has 1 N–H and O–H groups in total. The van der Waals surface area contributed by atoms with Crippen LogP contribution in [0.2, 0.25) is 0 Å². The molecule has 32 heavy (non-hydrogen) atoms. The van der Waals surface area contributed by atoms with Crippen molar-refractivity contribution in [3.8, 4) is 17.6 Å². The number of nitrogens with one attached hydrogen (secondary N) is 1. The molecule has 0 atom stereocenters. The van der Waals surface area contributed by atoms with Gasteiger partial charge in [0.25, 0.3) is 5.91 Å². The zero-order valence-corrected chi connectivity index (χ0v) is 15.9. The van der Waals surface area contributed by atoms with E-state index in [1.54, 1.807) is 0 Å². The predicted octanol–water partition coefficient (Wildman–Crippen LogP) is 5.10. The van der Waals surface area contributed by atoms with Crippen molar-refractivity contribution < 1.29 is 27.1 Å². The van der Waals surface area contributed by atoms with E-state index in [2.05, 4.69) is 15.3 Å². The van der Waals surface area contributed by atoms with Gasteiger partial charge in [0, 0.05) is 17.7 Å². The van der Waals surface area contributed by atoms with Crippen molar-refractivity contribution in [2.75, 3.05) is 5.32 Å². The standard InChI is InChI=1S/C22H10F4N4O2/c23-12-3-1-2-11(6-12)22(31)30-18-8-15(24)19(25)21(20(18)26)32-14-4-5-16-17(7-14)29-13(9-27)10-28-16/h1-8,10H,(H,30,31). The first-order chi connectivity index (χ1) is 15.4. The summed E-state index contributed by atoms with van der Waals surface area (Å²) in [6.07, 6.45) is 1.25. The number of amides is 1. The fraction of sp³-hybridized carbons (Fsp3) is 0. The van der Waals surface area contributed by atoms with Gasteiger partial charge in [-0.05, 0) is 30.3 Å². The molecule has 158 valence electrons. The van der Waals surface area contributed by atoms with Gasteiger partial charge in [0.15, 0.2) is 17.3 Å². The van der Waals surface area contributed by atoms with Crippen molar-refractivity contribution in [2.45, 2.75) is 0 Å². The first-order valence-corrected chi connectivity index (χ1v) is 8.95. The summed E-state index contributed by atoms with van der Waals surface area (Å²) in [6, 6.07) is 10.8. The van der Waals surface area contributed by atoms with Gasteiger partial charge in [-0.2, -0.15) is 9.65 Å².